The van der Waals surface area contributed by atoms with Gasteiger partial charge in [-0.1, -0.05) is 38.5 Å². The van der Waals surface area contributed by atoms with E-state index in [4.69, 9.17) is 0 Å². The molecule has 3 heteroatoms. The van der Waals surface area contributed by atoms with Gasteiger partial charge in [0.05, 0.1) is 0 Å². The summed E-state index contributed by atoms with van der Waals surface area (Å²) < 4.78 is 19.9. The standard InChI is InChI=1S/C9H16O2S/c1-2-3-4-5-6-7-8-9-12(10)11/h2-7H2,1H3,(H,10,11)/p-1. The highest BCUT2D eigenvalue weighted by Crippen LogP contribution is 2.03. The van der Waals surface area contributed by atoms with Crippen molar-refractivity contribution in [3.63, 3.8) is 0 Å². The van der Waals surface area contributed by atoms with Crippen LogP contribution in [0, 0.1) is 11.2 Å². The second-order valence-electron chi connectivity index (χ2n) is 2.68. The van der Waals surface area contributed by atoms with Crippen LogP contribution in [0.3, 0.4) is 0 Å². The molecule has 0 rings (SSSR count). The average molecular weight is 187 g/mol. The fourth-order valence-electron chi connectivity index (χ4n) is 0.927. The lowest BCUT2D eigenvalue weighted by atomic mass is 10.1. The topological polar surface area (TPSA) is 40.1 Å². The Morgan fingerprint density at radius 2 is 1.92 bits per heavy atom. The first-order valence-corrected chi connectivity index (χ1v) is 5.42. The van der Waals surface area contributed by atoms with E-state index in [0.29, 0.717) is 6.42 Å². The Morgan fingerprint density at radius 1 is 1.25 bits per heavy atom. The molecule has 0 saturated carbocycles. The molecule has 0 aromatic carbocycles. The largest absolute Gasteiger partial charge is 0.762 e. The van der Waals surface area contributed by atoms with Gasteiger partial charge in [0, 0.05) is 17.5 Å². The van der Waals surface area contributed by atoms with E-state index >= 15 is 0 Å². The van der Waals surface area contributed by atoms with Crippen molar-refractivity contribution in [1.82, 2.24) is 0 Å². The van der Waals surface area contributed by atoms with Crippen LogP contribution in [0.15, 0.2) is 0 Å². The fourth-order valence-corrected chi connectivity index (χ4v) is 1.15. The lowest BCUT2D eigenvalue weighted by Crippen LogP contribution is -1.79. The molecule has 0 aromatic heterocycles. The highest BCUT2D eigenvalue weighted by molar-refractivity contribution is 7.84. The van der Waals surface area contributed by atoms with Crippen molar-refractivity contribution in [1.29, 1.82) is 0 Å². The molecule has 0 aliphatic rings. The van der Waals surface area contributed by atoms with Crippen LogP contribution in [-0.4, -0.2) is 8.76 Å². The molecule has 0 amide bonds. The Labute approximate surface area is 77.0 Å². The van der Waals surface area contributed by atoms with Crippen molar-refractivity contribution in [2.24, 2.45) is 0 Å². The summed E-state index contributed by atoms with van der Waals surface area (Å²) in [7, 11) is 0. The number of hydrogen-bond acceptors (Lipinski definition) is 2. The highest BCUT2D eigenvalue weighted by Gasteiger charge is 1.85. The lowest BCUT2D eigenvalue weighted by Gasteiger charge is -1.94. The molecule has 0 N–H and O–H groups in total. The molecule has 0 radical (unpaired) electrons. The van der Waals surface area contributed by atoms with E-state index in [1.54, 1.807) is 0 Å². The first-order chi connectivity index (χ1) is 5.77. The zero-order valence-corrected chi connectivity index (χ0v) is 8.28. The zero-order chi connectivity index (χ0) is 9.23. The molecule has 0 spiro atoms. The summed E-state index contributed by atoms with van der Waals surface area (Å²) >= 11 is -2.19. The second kappa shape index (κ2) is 8.76. The van der Waals surface area contributed by atoms with E-state index in [1.807, 2.05) is 0 Å². The molecular formula is C9H15O2S-. The van der Waals surface area contributed by atoms with Gasteiger partial charge in [0.25, 0.3) is 0 Å². The van der Waals surface area contributed by atoms with E-state index in [1.165, 1.54) is 19.3 Å². The normalized spacial score (nSPS) is 11.8. The third kappa shape index (κ3) is 9.67. The Morgan fingerprint density at radius 3 is 2.50 bits per heavy atom. The maximum Gasteiger partial charge on any atom is 0.0247 e. The quantitative estimate of drug-likeness (QED) is 0.376. The number of unbranched alkanes of at least 4 members (excludes halogenated alkanes) is 5. The smallest absolute Gasteiger partial charge is 0.0247 e. The average Bonchev–Trinajstić information content (AvgIpc) is 2.02. The zero-order valence-electron chi connectivity index (χ0n) is 7.47. The highest BCUT2D eigenvalue weighted by atomic mass is 32.2. The second-order valence-corrected chi connectivity index (χ2v) is 3.35. The molecular weight excluding hydrogens is 172 g/mol. The molecule has 0 aliphatic carbocycles. The predicted octanol–water partition coefficient (Wildman–Crippen LogP) is 2.19. The van der Waals surface area contributed by atoms with Gasteiger partial charge in [-0.05, 0) is 11.7 Å². The van der Waals surface area contributed by atoms with Crippen LogP contribution < -0.4 is 0 Å². The minimum Gasteiger partial charge on any atom is -0.762 e. The van der Waals surface area contributed by atoms with Crippen LogP contribution in [0.5, 0.6) is 0 Å². The number of rotatable bonds is 5. The van der Waals surface area contributed by atoms with Gasteiger partial charge in [-0.25, -0.2) is 0 Å². The van der Waals surface area contributed by atoms with E-state index in [9.17, 15) is 8.76 Å². The summed E-state index contributed by atoms with van der Waals surface area (Å²) in [6.45, 7) is 2.17. The Bertz CT molecular complexity index is 179. The molecule has 0 fully saturated rings. The van der Waals surface area contributed by atoms with Crippen LogP contribution in [-0.2, 0) is 11.1 Å². The van der Waals surface area contributed by atoms with E-state index in [2.05, 4.69) is 18.1 Å². The predicted molar refractivity (Wildman–Crippen MR) is 50.1 cm³/mol. The molecule has 0 aromatic rings. The molecule has 12 heavy (non-hydrogen) atoms. The van der Waals surface area contributed by atoms with Crippen molar-refractivity contribution in [2.45, 2.75) is 45.4 Å². The SMILES string of the molecule is CCCCCCCC#CS(=O)[O-]. The van der Waals surface area contributed by atoms with E-state index in [-0.39, 0.29) is 0 Å². The van der Waals surface area contributed by atoms with Crippen molar-refractivity contribution in [3.8, 4) is 11.2 Å². The van der Waals surface area contributed by atoms with Crippen LogP contribution in [0.25, 0.3) is 0 Å². The number of hydrogen-bond donors (Lipinski definition) is 0. The summed E-state index contributed by atoms with van der Waals surface area (Å²) in [6, 6.07) is 0. The Kier molecular flexibility index (Phi) is 8.52. The summed E-state index contributed by atoms with van der Waals surface area (Å²) in [4.78, 5) is 0. The minimum atomic E-state index is -2.19. The Balaban J connectivity index is 3.12. The van der Waals surface area contributed by atoms with Crippen LogP contribution in [0.4, 0.5) is 0 Å². The van der Waals surface area contributed by atoms with Crippen molar-refractivity contribution in [2.75, 3.05) is 0 Å². The molecule has 0 heterocycles. The fraction of sp³-hybridized carbons (Fsp3) is 0.778. The Hall–Kier alpha value is -0.330. The summed E-state index contributed by atoms with van der Waals surface area (Å²) in [5.74, 6) is 2.60. The van der Waals surface area contributed by atoms with Gasteiger partial charge in [-0.2, -0.15) is 0 Å². The van der Waals surface area contributed by atoms with Crippen LogP contribution in [0.1, 0.15) is 45.4 Å². The minimum absolute atomic E-state index is 0.706. The third-order valence-electron chi connectivity index (χ3n) is 1.56. The van der Waals surface area contributed by atoms with E-state index in [0.717, 1.165) is 12.8 Å². The molecule has 70 valence electrons. The van der Waals surface area contributed by atoms with Gasteiger partial charge < -0.3 is 4.55 Å². The van der Waals surface area contributed by atoms with Gasteiger partial charge in [0.1, 0.15) is 0 Å². The van der Waals surface area contributed by atoms with Gasteiger partial charge in [0.15, 0.2) is 0 Å². The maximum atomic E-state index is 9.96. The van der Waals surface area contributed by atoms with E-state index < -0.39 is 11.1 Å². The first kappa shape index (κ1) is 11.7. The molecule has 0 saturated heterocycles. The monoisotopic (exact) mass is 187 g/mol. The van der Waals surface area contributed by atoms with Crippen molar-refractivity contribution >= 4 is 11.1 Å². The molecule has 1 unspecified atom stereocenters. The molecule has 1 atom stereocenters. The van der Waals surface area contributed by atoms with Crippen LogP contribution in [0.2, 0.25) is 0 Å². The third-order valence-corrected chi connectivity index (χ3v) is 1.87. The van der Waals surface area contributed by atoms with Gasteiger partial charge in [0.2, 0.25) is 0 Å². The van der Waals surface area contributed by atoms with Gasteiger partial charge in [-0.15, -0.1) is 0 Å². The van der Waals surface area contributed by atoms with Gasteiger partial charge >= 0.3 is 0 Å². The summed E-state index contributed by atoms with van der Waals surface area (Å²) in [6.07, 6.45) is 6.62. The molecule has 2 nitrogen and oxygen atoms in total. The first-order valence-electron chi connectivity index (χ1n) is 4.35. The summed E-state index contributed by atoms with van der Waals surface area (Å²) in [5, 5.41) is 2.10. The van der Waals surface area contributed by atoms with Crippen LogP contribution >= 0.6 is 0 Å². The van der Waals surface area contributed by atoms with Gasteiger partial charge in [-0.3, -0.25) is 4.21 Å². The molecule has 0 aliphatic heterocycles. The lowest BCUT2D eigenvalue weighted by molar-refractivity contribution is 0.548. The summed E-state index contributed by atoms with van der Waals surface area (Å²) in [5.41, 5.74) is 0. The molecule has 0 bridgehead atoms. The maximum absolute atomic E-state index is 9.96. The van der Waals surface area contributed by atoms with Crippen molar-refractivity contribution < 1.29 is 8.76 Å². The van der Waals surface area contributed by atoms with Crippen molar-refractivity contribution in [3.05, 3.63) is 0 Å².